The van der Waals surface area contributed by atoms with Crippen molar-refractivity contribution in [3.63, 3.8) is 0 Å². The number of epoxide rings is 1. The van der Waals surface area contributed by atoms with Crippen molar-refractivity contribution in [2.45, 2.75) is 38.5 Å². The zero-order valence-corrected chi connectivity index (χ0v) is 10.2. The largest absolute Gasteiger partial charge is 0.356 e. The second-order valence-electron chi connectivity index (χ2n) is 5.62. The number of hydrogen-bond acceptors (Lipinski definition) is 3. The first-order chi connectivity index (χ1) is 7.95. The van der Waals surface area contributed by atoms with E-state index in [4.69, 9.17) is 4.74 Å². The molecule has 2 heterocycles. The number of carbonyl (C=O) groups excluding carboxylic acids is 1. The fraction of sp³-hybridized carbons (Fsp3) is 0.462. The van der Waals surface area contributed by atoms with E-state index in [-0.39, 0.29) is 23.7 Å². The Morgan fingerprint density at radius 1 is 1.24 bits per heavy atom. The lowest BCUT2D eigenvalue weighted by molar-refractivity contribution is -0.117. The van der Waals surface area contributed by atoms with E-state index >= 15 is 0 Å². The predicted octanol–water partition coefficient (Wildman–Crippen LogP) is 2.07. The van der Waals surface area contributed by atoms with Crippen LogP contribution in [0.4, 0.5) is 11.4 Å². The van der Waals surface area contributed by atoms with Crippen LogP contribution in [0.3, 0.4) is 0 Å². The summed E-state index contributed by atoms with van der Waals surface area (Å²) in [6, 6.07) is 6.12. The standard InChI is InChI=1S/C13H16N2O2/c1-13(2,3)7-4-5-8-9(6-7)14-11(16)10-12(15-8)17-10/h4-6,10,12,15H,1-3H3,(H,14,16). The molecule has 3 rings (SSSR count). The van der Waals surface area contributed by atoms with Crippen LogP contribution in [0.15, 0.2) is 18.2 Å². The third-order valence-electron chi connectivity index (χ3n) is 3.19. The second-order valence-corrected chi connectivity index (χ2v) is 5.62. The number of anilines is 2. The van der Waals surface area contributed by atoms with Gasteiger partial charge in [-0.05, 0) is 23.1 Å². The van der Waals surface area contributed by atoms with Gasteiger partial charge in [-0.1, -0.05) is 26.8 Å². The first kappa shape index (κ1) is 10.6. The summed E-state index contributed by atoms with van der Waals surface area (Å²) >= 11 is 0. The van der Waals surface area contributed by atoms with Crippen LogP contribution in [0.1, 0.15) is 26.3 Å². The van der Waals surface area contributed by atoms with Gasteiger partial charge in [0.2, 0.25) is 0 Å². The zero-order valence-electron chi connectivity index (χ0n) is 10.2. The number of rotatable bonds is 0. The van der Waals surface area contributed by atoms with Gasteiger partial charge in [-0.15, -0.1) is 0 Å². The molecule has 2 unspecified atom stereocenters. The van der Waals surface area contributed by atoms with Crippen molar-refractivity contribution >= 4 is 17.3 Å². The van der Waals surface area contributed by atoms with Crippen molar-refractivity contribution in [1.82, 2.24) is 0 Å². The number of nitrogens with one attached hydrogen (secondary N) is 2. The Morgan fingerprint density at radius 3 is 2.71 bits per heavy atom. The Balaban J connectivity index is 2.00. The van der Waals surface area contributed by atoms with E-state index in [9.17, 15) is 4.79 Å². The van der Waals surface area contributed by atoms with E-state index in [2.05, 4.69) is 37.5 Å². The lowest BCUT2D eigenvalue weighted by atomic mass is 9.86. The van der Waals surface area contributed by atoms with E-state index in [1.807, 2.05) is 12.1 Å². The minimum Gasteiger partial charge on any atom is -0.356 e. The number of ether oxygens (including phenoxy) is 1. The third-order valence-corrected chi connectivity index (χ3v) is 3.19. The predicted molar refractivity (Wildman–Crippen MR) is 66.1 cm³/mol. The van der Waals surface area contributed by atoms with Crippen molar-refractivity contribution in [2.75, 3.05) is 10.6 Å². The number of amides is 1. The van der Waals surface area contributed by atoms with Crippen molar-refractivity contribution in [1.29, 1.82) is 0 Å². The molecule has 0 aliphatic carbocycles. The lowest BCUT2D eigenvalue weighted by Crippen LogP contribution is -2.18. The quantitative estimate of drug-likeness (QED) is 0.673. The van der Waals surface area contributed by atoms with Gasteiger partial charge in [0.15, 0.2) is 12.3 Å². The fourth-order valence-electron chi connectivity index (χ4n) is 2.02. The summed E-state index contributed by atoms with van der Waals surface area (Å²) in [6.45, 7) is 6.46. The van der Waals surface area contributed by atoms with Crippen LogP contribution >= 0.6 is 0 Å². The van der Waals surface area contributed by atoms with E-state index in [1.54, 1.807) is 0 Å². The highest BCUT2D eigenvalue weighted by molar-refractivity contribution is 6.01. The van der Waals surface area contributed by atoms with Crippen LogP contribution in [0.5, 0.6) is 0 Å². The Bertz CT molecular complexity index is 491. The lowest BCUT2D eigenvalue weighted by Gasteiger charge is -2.21. The summed E-state index contributed by atoms with van der Waals surface area (Å²) in [6.07, 6.45) is -0.489. The summed E-state index contributed by atoms with van der Waals surface area (Å²) in [5.74, 6) is -0.0627. The van der Waals surface area contributed by atoms with E-state index in [1.165, 1.54) is 5.56 Å². The maximum absolute atomic E-state index is 11.7. The van der Waals surface area contributed by atoms with Gasteiger partial charge in [-0.25, -0.2) is 0 Å². The molecule has 1 aromatic carbocycles. The maximum Gasteiger partial charge on any atom is 0.258 e. The molecule has 1 saturated heterocycles. The Labute approximate surface area is 100 Å². The van der Waals surface area contributed by atoms with E-state index < -0.39 is 0 Å². The van der Waals surface area contributed by atoms with E-state index in [0.29, 0.717) is 0 Å². The van der Waals surface area contributed by atoms with Crippen LogP contribution in [0, 0.1) is 0 Å². The summed E-state index contributed by atoms with van der Waals surface area (Å²) in [4.78, 5) is 11.7. The van der Waals surface area contributed by atoms with Gasteiger partial charge in [0.25, 0.3) is 5.91 Å². The molecule has 2 aliphatic heterocycles. The molecule has 1 amide bonds. The molecule has 0 saturated carbocycles. The molecular formula is C13H16N2O2. The molecule has 17 heavy (non-hydrogen) atoms. The van der Waals surface area contributed by atoms with E-state index in [0.717, 1.165) is 11.4 Å². The molecule has 2 aliphatic rings. The molecule has 2 atom stereocenters. The number of benzene rings is 1. The summed E-state index contributed by atoms with van der Waals surface area (Å²) < 4.78 is 5.20. The minimum absolute atomic E-state index is 0.0627. The van der Waals surface area contributed by atoms with Crippen LogP contribution in [-0.4, -0.2) is 18.2 Å². The van der Waals surface area contributed by atoms with Gasteiger partial charge in [-0.3, -0.25) is 4.79 Å². The monoisotopic (exact) mass is 232 g/mol. The first-order valence-corrected chi connectivity index (χ1v) is 5.82. The number of fused-ring (bicyclic) bond motifs is 2. The molecule has 0 aromatic heterocycles. The van der Waals surface area contributed by atoms with Crippen molar-refractivity contribution in [3.05, 3.63) is 23.8 Å². The van der Waals surface area contributed by atoms with Gasteiger partial charge >= 0.3 is 0 Å². The molecule has 4 nitrogen and oxygen atoms in total. The fourth-order valence-corrected chi connectivity index (χ4v) is 2.02. The van der Waals surface area contributed by atoms with Crippen molar-refractivity contribution in [3.8, 4) is 0 Å². The maximum atomic E-state index is 11.7. The van der Waals surface area contributed by atoms with Crippen LogP contribution in [0.2, 0.25) is 0 Å². The average molecular weight is 232 g/mol. The third kappa shape index (κ3) is 1.78. The SMILES string of the molecule is CC(C)(C)c1ccc2c(c1)NC(=O)C1OC1N2. The highest BCUT2D eigenvalue weighted by Gasteiger charge is 2.47. The Morgan fingerprint density at radius 2 is 2.00 bits per heavy atom. The molecular weight excluding hydrogens is 216 g/mol. The van der Waals surface area contributed by atoms with Gasteiger partial charge in [0.05, 0.1) is 11.4 Å². The summed E-state index contributed by atoms with van der Waals surface area (Å²) in [5, 5.41) is 6.10. The van der Waals surface area contributed by atoms with Crippen LogP contribution < -0.4 is 10.6 Å². The van der Waals surface area contributed by atoms with Crippen molar-refractivity contribution in [2.24, 2.45) is 0 Å². The van der Waals surface area contributed by atoms with Gasteiger partial charge in [0, 0.05) is 0 Å². The number of hydrogen-bond donors (Lipinski definition) is 2. The molecule has 0 radical (unpaired) electrons. The molecule has 0 spiro atoms. The highest BCUT2D eigenvalue weighted by Crippen LogP contribution is 2.36. The molecule has 1 fully saturated rings. The van der Waals surface area contributed by atoms with Gasteiger partial charge in [0.1, 0.15) is 0 Å². The average Bonchev–Trinajstić information content (AvgIpc) is 2.97. The highest BCUT2D eigenvalue weighted by atomic mass is 16.6. The topological polar surface area (TPSA) is 53.7 Å². The second kappa shape index (κ2) is 3.23. The normalized spacial score (nSPS) is 26.2. The first-order valence-electron chi connectivity index (χ1n) is 5.82. The van der Waals surface area contributed by atoms with Crippen LogP contribution in [0.25, 0.3) is 0 Å². The molecule has 90 valence electrons. The molecule has 4 heteroatoms. The van der Waals surface area contributed by atoms with Crippen molar-refractivity contribution < 1.29 is 9.53 Å². The van der Waals surface area contributed by atoms with Gasteiger partial charge in [-0.2, -0.15) is 0 Å². The summed E-state index contributed by atoms with van der Waals surface area (Å²) in [7, 11) is 0. The summed E-state index contributed by atoms with van der Waals surface area (Å²) in [5.41, 5.74) is 3.05. The number of carbonyl (C=O) groups is 1. The van der Waals surface area contributed by atoms with Gasteiger partial charge < -0.3 is 15.4 Å². The Hall–Kier alpha value is -1.55. The molecule has 0 bridgehead atoms. The smallest absolute Gasteiger partial charge is 0.258 e. The zero-order chi connectivity index (χ0) is 12.2. The van der Waals surface area contributed by atoms with Crippen LogP contribution in [-0.2, 0) is 14.9 Å². The molecule has 1 aromatic rings. The Kier molecular flexibility index (Phi) is 2.01. The minimum atomic E-state index is -0.333. The molecule has 2 N–H and O–H groups in total.